The van der Waals surface area contributed by atoms with Crippen LogP contribution >= 0.6 is 11.3 Å². The Morgan fingerprint density at radius 3 is 2.55 bits per heavy atom. The van der Waals surface area contributed by atoms with Crippen LogP contribution in [0.25, 0.3) is 0 Å². The molecule has 2 N–H and O–H groups in total. The summed E-state index contributed by atoms with van der Waals surface area (Å²) in [6, 6.07) is 12.0. The topological polar surface area (TPSA) is 103 Å². The van der Waals surface area contributed by atoms with E-state index >= 15 is 0 Å². The minimum Gasteiger partial charge on any atom is -0.495 e. The highest BCUT2D eigenvalue weighted by Crippen LogP contribution is 2.40. The van der Waals surface area contributed by atoms with Crippen LogP contribution in [-0.4, -0.2) is 38.1 Å². The van der Waals surface area contributed by atoms with Gasteiger partial charge in [-0.25, -0.2) is 4.79 Å². The number of ether oxygens (including phenoxy) is 3. The van der Waals surface area contributed by atoms with Crippen molar-refractivity contribution in [3.05, 3.63) is 69.6 Å². The fourth-order valence-electron chi connectivity index (χ4n) is 4.39. The van der Waals surface area contributed by atoms with Crippen LogP contribution in [0, 0.1) is 12.8 Å². The third kappa shape index (κ3) is 6.34. The van der Waals surface area contributed by atoms with E-state index < -0.39 is 5.97 Å². The lowest BCUT2D eigenvalue weighted by molar-refractivity contribution is -0.118. The molecule has 3 aromatic rings. The van der Waals surface area contributed by atoms with Crippen LogP contribution in [0.15, 0.2) is 42.5 Å². The number of fused-ring (bicyclic) bond motifs is 1. The van der Waals surface area contributed by atoms with Gasteiger partial charge in [-0.05, 0) is 86.6 Å². The largest absolute Gasteiger partial charge is 0.495 e. The molecule has 38 heavy (non-hydrogen) atoms. The van der Waals surface area contributed by atoms with Crippen LogP contribution in [0.3, 0.4) is 0 Å². The van der Waals surface area contributed by atoms with Crippen LogP contribution in [-0.2, 0) is 22.4 Å². The average Bonchev–Trinajstić information content (AvgIpc) is 3.24. The van der Waals surface area contributed by atoms with Crippen LogP contribution in [0.2, 0.25) is 0 Å². The molecule has 0 spiro atoms. The minimum absolute atomic E-state index is 0.243. The second kappa shape index (κ2) is 12.1. The molecule has 0 radical (unpaired) electrons. The lowest BCUT2D eigenvalue weighted by Gasteiger charge is -2.18. The van der Waals surface area contributed by atoms with Gasteiger partial charge >= 0.3 is 5.97 Å². The zero-order chi connectivity index (χ0) is 27.2. The van der Waals surface area contributed by atoms with Crippen LogP contribution in [0.1, 0.15) is 57.0 Å². The number of carbonyl (C=O) groups excluding carboxylic acids is 3. The Hall–Kier alpha value is -3.85. The van der Waals surface area contributed by atoms with E-state index in [1.165, 1.54) is 11.3 Å². The summed E-state index contributed by atoms with van der Waals surface area (Å²) in [6.45, 7) is 5.91. The predicted molar refractivity (Wildman–Crippen MR) is 148 cm³/mol. The molecule has 1 unspecified atom stereocenters. The molecule has 2 aromatic carbocycles. The van der Waals surface area contributed by atoms with Gasteiger partial charge in [0, 0.05) is 10.4 Å². The van der Waals surface area contributed by atoms with Crippen molar-refractivity contribution in [1.29, 1.82) is 0 Å². The van der Waals surface area contributed by atoms with Crippen molar-refractivity contribution in [1.82, 2.24) is 0 Å². The Morgan fingerprint density at radius 2 is 1.84 bits per heavy atom. The highest BCUT2D eigenvalue weighted by atomic mass is 32.1. The Labute approximate surface area is 226 Å². The summed E-state index contributed by atoms with van der Waals surface area (Å²) in [5, 5.41) is 6.21. The number of esters is 1. The molecular formula is C29H32N2O6S. The number of anilines is 2. The summed E-state index contributed by atoms with van der Waals surface area (Å²) in [7, 11) is 1.55. The summed E-state index contributed by atoms with van der Waals surface area (Å²) < 4.78 is 16.2. The molecule has 1 atom stereocenters. The van der Waals surface area contributed by atoms with E-state index in [4.69, 9.17) is 14.2 Å². The first-order valence-electron chi connectivity index (χ1n) is 12.6. The van der Waals surface area contributed by atoms with Crippen molar-refractivity contribution < 1.29 is 28.6 Å². The number of rotatable bonds is 9. The Bertz CT molecular complexity index is 1330. The zero-order valence-electron chi connectivity index (χ0n) is 22.0. The summed E-state index contributed by atoms with van der Waals surface area (Å²) in [6.07, 6.45) is 2.68. The fraction of sp³-hybridized carbons (Fsp3) is 0.345. The number of hydrogen-bond acceptors (Lipinski definition) is 7. The first-order valence-corrected chi connectivity index (χ1v) is 13.4. The predicted octanol–water partition coefficient (Wildman–Crippen LogP) is 5.64. The van der Waals surface area contributed by atoms with Gasteiger partial charge in [0.2, 0.25) is 0 Å². The molecule has 0 bridgehead atoms. The number of thiophene rings is 1. The molecule has 4 rings (SSSR count). The molecule has 1 aliphatic rings. The summed E-state index contributed by atoms with van der Waals surface area (Å²) >= 11 is 1.44. The maximum absolute atomic E-state index is 12.7. The van der Waals surface area contributed by atoms with Crippen LogP contribution < -0.4 is 20.1 Å². The van der Waals surface area contributed by atoms with E-state index in [0.717, 1.165) is 35.3 Å². The van der Waals surface area contributed by atoms with Gasteiger partial charge in [0.25, 0.3) is 11.8 Å². The lowest BCUT2D eigenvalue weighted by Crippen LogP contribution is -2.21. The number of aryl methyl sites for hydroxylation is 1. The van der Waals surface area contributed by atoms with Crippen molar-refractivity contribution in [2.45, 2.75) is 40.0 Å². The van der Waals surface area contributed by atoms with Gasteiger partial charge in [0.1, 0.15) is 16.5 Å². The number of nitrogens with one attached hydrogen (secondary N) is 2. The van der Waals surface area contributed by atoms with Gasteiger partial charge in [-0.2, -0.15) is 0 Å². The van der Waals surface area contributed by atoms with E-state index in [2.05, 4.69) is 17.6 Å². The van der Waals surface area contributed by atoms with Gasteiger partial charge in [0.05, 0.1) is 25.0 Å². The zero-order valence-corrected chi connectivity index (χ0v) is 22.8. The van der Waals surface area contributed by atoms with Gasteiger partial charge < -0.3 is 24.8 Å². The Kier molecular flexibility index (Phi) is 8.68. The molecule has 9 heteroatoms. The Morgan fingerprint density at radius 1 is 1.08 bits per heavy atom. The van der Waals surface area contributed by atoms with Crippen LogP contribution in [0.4, 0.5) is 10.7 Å². The van der Waals surface area contributed by atoms with Crippen molar-refractivity contribution >= 4 is 39.8 Å². The van der Waals surface area contributed by atoms with Crippen LogP contribution in [0.5, 0.6) is 11.5 Å². The maximum Gasteiger partial charge on any atom is 0.341 e. The second-order valence-corrected chi connectivity index (χ2v) is 10.4. The van der Waals surface area contributed by atoms with E-state index in [-0.39, 0.29) is 25.0 Å². The number of amides is 2. The van der Waals surface area contributed by atoms with Crippen molar-refractivity contribution in [2.24, 2.45) is 5.92 Å². The van der Waals surface area contributed by atoms with E-state index in [1.807, 2.05) is 19.1 Å². The highest BCUT2D eigenvalue weighted by Gasteiger charge is 2.29. The third-order valence-electron chi connectivity index (χ3n) is 6.33. The Balaban J connectivity index is 1.38. The van der Waals surface area contributed by atoms with Gasteiger partial charge in [-0.15, -0.1) is 11.3 Å². The molecule has 0 saturated heterocycles. The molecule has 0 aliphatic heterocycles. The smallest absolute Gasteiger partial charge is 0.341 e. The molecule has 2 amide bonds. The SMILES string of the molecule is CCOC(=O)c1c(NC(=O)COc2ccc(C(=O)Nc3cc(C)ccc3OC)cc2)sc2c1CCC(C)C2. The second-order valence-electron chi connectivity index (χ2n) is 9.30. The minimum atomic E-state index is -0.409. The fourth-order valence-corrected chi connectivity index (χ4v) is 5.80. The first kappa shape index (κ1) is 27.2. The number of hydrogen-bond donors (Lipinski definition) is 2. The summed E-state index contributed by atoms with van der Waals surface area (Å²) in [5.74, 6) is 0.466. The van der Waals surface area contributed by atoms with E-state index in [1.54, 1.807) is 44.4 Å². The number of methoxy groups -OCH3 is 1. The standard InChI is InChI=1S/C29H32N2O6S/c1-5-36-29(34)26-21-12-6-18(3)15-24(21)38-28(26)31-25(32)16-37-20-10-8-19(9-11-20)27(33)30-22-14-17(2)7-13-23(22)35-4/h7-11,13-14,18H,5-6,12,15-16H2,1-4H3,(H,30,33)(H,31,32). The van der Waals surface area contributed by atoms with Gasteiger partial charge in [-0.3, -0.25) is 9.59 Å². The number of benzene rings is 2. The molecule has 8 nitrogen and oxygen atoms in total. The van der Waals surface area contributed by atoms with Gasteiger partial charge in [-0.1, -0.05) is 13.0 Å². The molecular weight excluding hydrogens is 504 g/mol. The van der Waals surface area contributed by atoms with E-state index in [0.29, 0.717) is 39.2 Å². The molecule has 200 valence electrons. The molecule has 1 aromatic heterocycles. The maximum atomic E-state index is 12.7. The molecule has 1 aliphatic carbocycles. The highest BCUT2D eigenvalue weighted by molar-refractivity contribution is 7.17. The molecule has 0 fully saturated rings. The van der Waals surface area contributed by atoms with Crippen molar-refractivity contribution in [3.8, 4) is 11.5 Å². The molecule has 0 saturated carbocycles. The lowest BCUT2D eigenvalue weighted by atomic mass is 9.88. The first-order chi connectivity index (χ1) is 18.3. The van der Waals surface area contributed by atoms with Gasteiger partial charge in [0.15, 0.2) is 6.61 Å². The monoisotopic (exact) mass is 536 g/mol. The van der Waals surface area contributed by atoms with Crippen molar-refractivity contribution in [2.75, 3.05) is 31.0 Å². The molecule has 1 heterocycles. The van der Waals surface area contributed by atoms with Crippen molar-refractivity contribution in [3.63, 3.8) is 0 Å². The third-order valence-corrected chi connectivity index (χ3v) is 7.50. The quantitative estimate of drug-likeness (QED) is 0.343. The summed E-state index contributed by atoms with van der Waals surface area (Å²) in [4.78, 5) is 39.2. The summed E-state index contributed by atoms with van der Waals surface area (Å²) in [5.41, 5.74) is 3.46. The normalized spacial score (nSPS) is 14.3. The van der Waals surface area contributed by atoms with E-state index in [9.17, 15) is 14.4 Å². The average molecular weight is 537 g/mol. The number of carbonyl (C=O) groups is 3.